The van der Waals surface area contributed by atoms with Crippen LogP contribution in [0.2, 0.25) is 0 Å². The van der Waals surface area contributed by atoms with E-state index < -0.39 is 0 Å². The molecule has 68 valence electrons. The normalized spacial score (nSPS) is 10.8. The minimum absolute atomic E-state index is 0.0775. The Morgan fingerprint density at radius 1 is 1.46 bits per heavy atom. The van der Waals surface area contributed by atoms with E-state index >= 15 is 0 Å². The third-order valence-corrected chi connectivity index (χ3v) is 1.99. The van der Waals surface area contributed by atoms with Crippen molar-refractivity contribution in [2.75, 3.05) is 12.3 Å². The van der Waals surface area contributed by atoms with Crippen LogP contribution in [0, 0.1) is 0 Å². The third-order valence-electron chi connectivity index (χ3n) is 1.99. The predicted molar refractivity (Wildman–Crippen MR) is 50.4 cm³/mol. The second kappa shape index (κ2) is 3.06. The number of rotatable bonds is 2. The summed E-state index contributed by atoms with van der Waals surface area (Å²) in [6, 6.07) is 5.69. The number of fused-ring (bicyclic) bond motifs is 1. The summed E-state index contributed by atoms with van der Waals surface area (Å²) in [5.41, 5.74) is 7.40. The Kier molecular flexibility index (Phi) is 1.90. The lowest BCUT2D eigenvalue weighted by Gasteiger charge is -1.95. The molecule has 0 saturated carbocycles. The van der Waals surface area contributed by atoms with Gasteiger partial charge in [0.1, 0.15) is 11.5 Å². The molecule has 0 saturated heterocycles. The number of imidazole rings is 1. The van der Waals surface area contributed by atoms with Gasteiger partial charge in [-0.2, -0.15) is 0 Å². The van der Waals surface area contributed by atoms with Gasteiger partial charge in [0.25, 0.3) is 0 Å². The predicted octanol–water partition coefficient (Wildman–Crippen LogP) is 0.451. The molecule has 2 heterocycles. The number of hydrogen-bond acceptors (Lipinski definition) is 3. The smallest absolute Gasteiger partial charge is 0.138 e. The van der Waals surface area contributed by atoms with Crippen molar-refractivity contribution in [3.05, 3.63) is 30.1 Å². The van der Waals surface area contributed by atoms with Crippen molar-refractivity contribution < 1.29 is 5.11 Å². The largest absolute Gasteiger partial charge is 0.396 e. The van der Waals surface area contributed by atoms with E-state index in [1.165, 1.54) is 0 Å². The lowest BCUT2D eigenvalue weighted by Crippen LogP contribution is -1.98. The molecule has 0 aliphatic rings. The summed E-state index contributed by atoms with van der Waals surface area (Å²) in [5.74, 6) is 0.615. The number of anilines is 1. The number of nitrogens with zero attached hydrogens (tertiary/aromatic N) is 2. The Bertz CT molecular complexity index is 422. The lowest BCUT2D eigenvalue weighted by molar-refractivity contribution is 0.298. The Morgan fingerprint density at radius 2 is 2.31 bits per heavy atom. The highest BCUT2D eigenvalue weighted by atomic mass is 16.3. The van der Waals surface area contributed by atoms with Gasteiger partial charge in [-0.05, 0) is 12.1 Å². The van der Waals surface area contributed by atoms with Crippen molar-refractivity contribution in [3.8, 4) is 0 Å². The highest BCUT2D eigenvalue weighted by molar-refractivity contribution is 5.52. The summed E-state index contributed by atoms with van der Waals surface area (Å²) in [5, 5.41) is 8.76. The number of aliphatic hydroxyl groups is 1. The minimum atomic E-state index is 0.0775. The summed E-state index contributed by atoms with van der Waals surface area (Å²) < 4.78 is 1.81. The van der Waals surface area contributed by atoms with Crippen molar-refractivity contribution >= 4 is 11.5 Å². The van der Waals surface area contributed by atoms with Crippen molar-refractivity contribution in [1.29, 1.82) is 0 Å². The molecule has 2 aromatic heterocycles. The van der Waals surface area contributed by atoms with Gasteiger partial charge in [-0.1, -0.05) is 6.07 Å². The molecule has 0 bridgehead atoms. The van der Waals surface area contributed by atoms with E-state index in [2.05, 4.69) is 4.98 Å². The molecule has 0 aliphatic heterocycles. The fraction of sp³-hybridized carbons (Fsp3) is 0.222. The molecule has 0 amide bonds. The molecule has 0 fully saturated rings. The van der Waals surface area contributed by atoms with E-state index in [1.807, 2.05) is 28.8 Å². The van der Waals surface area contributed by atoms with E-state index in [0.29, 0.717) is 12.2 Å². The lowest BCUT2D eigenvalue weighted by atomic mass is 10.3. The van der Waals surface area contributed by atoms with Crippen LogP contribution in [0.1, 0.15) is 5.69 Å². The topological polar surface area (TPSA) is 63.5 Å². The van der Waals surface area contributed by atoms with Crippen LogP contribution < -0.4 is 5.73 Å². The highest BCUT2D eigenvalue weighted by Gasteiger charge is 2.06. The molecule has 2 rings (SSSR count). The average Bonchev–Trinajstić information content (AvgIpc) is 2.46. The van der Waals surface area contributed by atoms with Crippen LogP contribution in [0.5, 0.6) is 0 Å². The molecule has 0 unspecified atom stereocenters. The van der Waals surface area contributed by atoms with Crippen molar-refractivity contribution in [2.24, 2.45) is 0 Å². The molecule has 4 nitrogen and oxygen atoms in total. The first-order valence-electron chi connectivity index (χ1n) is 4.15. The second-order valence-electron chi connectivity index (χ2n) is 2.85. The maximum atomic E-state index is 8.76. The van der Waals surface area contributed by atoms with Gasteiger partial charge in [-0.25, -0.2) is 4.98 Å². The van der Waals surface area contributed by atoms with Crippen LogP contribution >= 0.6 is 0 Å². The van der Waals surface area contributed by atoms with Crippen molar-refractivity contribution in [3.63, 3.8) is 0 Å². The van der Waals surface area contributed by atoms with E-state index in [4.69, 9.17) is 10.8 Å². The molecule has 2 aromatic rings. The number of aromatic nitrogens is 2. The number of hydrogen-bond donors (Lipinski definition) is 2. The molecular formula is C9H11N3O. The molecule has 0 spiro atoms. The minimum Gasteiger partial charge on any atom is -0.396 e. The summed E-state index contributed by atoms with van der Waals surface area (Å²) in [4.78, 5) is 4.28. The Hall–Kier alpha value is -1.55. The zero-order chi connectivity index (χ0) is 9.26. The molecule has 3 N–H and O–H groups in total. The quantitative estimate of drug-likeness (QED) is 0.700. The molecule has 0 atom stereocenters. The molecule has 0 aliphatic carbocycles. The number of nitrogen functional groups attached to an aromatic ring is 1. The molecular weight excluding hydrogens is 166 g/mol. The van der Waals surface area contributed by atoms with Crippen LogP contribution in [0.3, 0.4) is 0 Å². The van der Waals surface area contributed by atoms with Crippen LogP contribution in [-0.4, -0.2) is 21.1 Å². The van der Waals surface area contributed by atoms with Gasteiger partial charge in [0, 0.05) is 19.2 Å². The SMILES string of the molecule is Nc1c(CCO)nc2ccccn12. The third kappa shape index (κ3) is 1.25. The monoisotopic (exact) mass is 177 g/mol. The van der Waals surface area contributed by atoms with Crippen molar-refractivity contribution in [1.82, 2.24) is 9.38 Å². The van der Waals surface area contributed by atoms with Crippen LogP contribution in [0.25, 0.3) is 5.65 Å². The molecule has 13 heavy (non-hydrogen) atoms. The van der Waals surface area contributed by atoms with Crippen LogP contribution in [0.4, 0.5) is 5.82 Å². The van der Waals surface area contributed by atoms with Crippen molar-refractivity contribution in [2.45, 2.75) is 6.42 Å². The number of pyridine rings is 1. The Morgan fingerprint density at radius 3 is 3.00 bits per heavy atom. The first-order valence-corrected chi connectivity index (χ1v) is 4.15. The summed E-state index contributed by atoms with van der Waals surface area (Å²) in [6.45, 7) is 0.0775. The van der Waals surface area contributed by atoms with Gasteiger partial charge < -0.3 is 10.8 Å². The van der Waals surface area contributed by atoms with Gasteiger partial charge in [-0.15, -0.1) is 0 Å². The van der Waals surface area contributed by atoms with Crippen LogP contribution in [0.15, 0.2) is 24.4 Å². The fourth-order valence-corrected chi connectivity index (χ4v) is 1.35. The summed E-state index contributed by atoms with van der Waals surface area (Å²) in [7, 11) is 0. The standard InChI is InChI=1S/C9H11N3O/c10-9-7(4-6-13)11-8-3-1-2-5-12(8)9/h1-3,5,13H,4,6,10H2. The first-order chi connectivity index (χ1) is 6.33. The molecule has 0 radical (unpaired) electrons. The van der Waals surface area contributed by atoms with Gasteiger partial charge in [0.15, 0.2) is 0 Å². The van der Waals surface area contributed by atoms with Gasteiger partial charge in [0.2, 0.25) is 0 Å². The zero-order valence-corrected chi connectivity index (χ0v) is 7.14. The maximum Gasteiger partial charge on any atom is 0.138 e. The first kappa shape index (κ1) is 8.07. The van der Waals surface area contributed by atoms with E-state index in [-0.39, 0.29) is 6.61 Å². The number of nitrogens with two attached hydrogens (primary N) is 1. The van der Waals surface area contributed by atoms with Gasteiger partial charge in [0.05, 0.1) is 5.69 Å². The summed E-state index contributed by atoms with van der Waals surface area (Å²) in [6.07, 6.45) is 2.37. The van der Waals surface area contributed by atoms with E-state index in [9.17, 15) is 0 Å². The Balaban J connectivity index is 2.60. The summed E-state index contributed by atoms with van der Waals surface area (Å²) >= 11 is 0. The fourth-order valence-electron chi connectivity index (χ4n) is 1.35. The van der Waals surface area contributed by atoms with Gasteiger partial charge >= 0.3 is 0 Å². The molecule has 4 heteroatoms. The second-order valence-corrected chi connectivity index (χ2v) is 2.85. The maximum absolute atomic E-state index is 8.76. The molecule has 0 aromatic carbocycles. The Labute approximate surface area is 75.6 Å². The van der Waals surface area contributed by atoms with Crippen LogP contribution in [-0.2, 0) is 6.42 Å². The average molecular weight is 177 g/mol. The van der Waals surface area contributed by atoms with E-state index in [0.717, 1.165) is 11.3 Å². The highest BCUT2D eigenvalue weighted by Crippen LogP contribution is 2.14. The number of aliphatic hydroxyl groups excluding tert-OH is 1. The van der Waals surface area contributed by atoms with E-state index in [1.54, 1.807) is 0 Å². The zero-order valence-electron chi connectivity index (χ0n) is 7.14. The van der Waals surface area contributed by atoms with Gasteiger partial charge in [-0.3, -0.25) is 4.40 Å².